The van der Waals surface area contributed by atoms with Crippen molar-refractivity contribution < 1.29 is 28.3 Å². The lowest BCUT2D eigenvalue weighted by atomic mass is 9.99. The van der Waals surface area contributed by atoms with Crippen molar-refractivity contribution >= 4 is 40.2 Å². The van der Waals surface area contributed by atoms with E-state index in [0.29, 0.717) is 16.5 Å². The lowest BCUT2D eigenvalue weighted by Gasteiger charge is -2.18. The Morgan fingerprint density at radius 3 is 2.80 bits per heavy atom. The molecule has 30 heavy (non-hydrogen) atoms. The van der Waals surface area contributed by atoms with Crippen LogP contribution in [-0.2, 0) is 19.9 Å². The van der Waals surface area contributed by atoms with Gasteiger partial charge in [-0.1, -0.05) is 0 Å². The van der Waals surface area contributed by atoms with Crippen molar-refractivity contribution in [3.63, 3.8) is 0 Å². The van der Waals surface area contributed by atoms with Crippen LogP contribution in [-0.4, -0.2) is 41.9 Å². The number of thiophene rings is 1. The summed E-state index contributed by atoms with van der Waals surface area (Å²) in [6.45, 7) is 2.97. The number of hydrogen-bond donors (Lipinski definition) is 2. The molecular weight excluding hydrogens is 410 g/mol. The van der Waals surface area contributed by atoms with Crippen LogP contribution in [0.1, 0.15) is 54.3 Å². The summed E-state index contributed by atoms with van der Waals surface area (Å²) in [5.41, 5.74) is -0.150. The second-order valence-corrected chi connectivity index (χ2v) is 8.24. The molecule has 0 radical (unpaired) electrons. The molecule has 2 aromatic heterocycles. The number of ether oxygens (including phenoxy) is 1. The van der Waals surface area contributed by atoms with Crippen LogP contribution in [0.3, 0.4) is 0 Å². The first kappa shape index (κ1) is 20.1. The van der Waals surface area contributed by atoms with Crippen LogP contribution in [0.4, 0.5) is 9.80 Å². The Balaban J connectivity index is 1.50. The maximum Gasteiger partial charge on any atom is 0.341 e. The molecule has 1 aliphatic heterocycles. The maximum atomic E-state index is 12.8. The Labute approximate surface area is 176 Å². The molecule has 4 rings (SSSR count). The second kappa shape index (κ2) is 7.60. The van der Waals surface area contributed by atoms with Gasteiger partial charge in [-0.05, 0) is 55.7 Å². The van der Waals surface area contributed by atoms with Gasteiger partial charge in [-0.2, -0.15) is 0 Å². The summed E-state index contributed by atoms with van der Waals surface area (Å²) in [4.78, 5) is 51.0. The molecule has 0 spiro atoms. The lowest BCUT2D eigenvalue weighted by molar-refractivity contribution is -0.134. The van der Waals surface area contributed by atoms with Crippen LogP contribution < -0.4 is 10.6 Å². The third-order valence-corrected chi connectivity index (χ3v) is 6.07. The third-order valence-electron chi connectivity index (χ3n) is 5.16. The number of urea groups is 1. The van der Waals surface area contributed by atoms with E-state index < -0.39 is 35.9 Å². The number of furan rings is 1. The summed E-state index contributed by atoms with van der Waals surface area (Å²) in [6.07, 6.45) is 3.38. The monoisotopic (exact) mass is 431 g/mol. The number of nitrogens with one attached hydrogen (secondary N) is 2. The number of amides is 4. The molecule has 2 aliphatic rings. The van der Waals surface area contributed by atoms with E-state index in [1.165, 1.54) is 24.5 Å². The molecule has 4 amide bonds. The number of carbonyl (C=O) groups is 4. The highest BCUT2D eigenvalue weighted by atomic mass is 32.1. The Morgan fingerprint density at radius 1 is 1.40 bits per heavy atom. The van der Waals surface area contributed by atoms with Crippen molar-refractivity contribution in [1.29, 1.82) is 0 Å². The second-order valence-electron chi connectivity index (χ2n) is 7.36. The minimum atomic E-state index is -1.38. The van der Waals surface area contributed by atoms with E-state index in [1.807, 2.05) is 5.38 Å². The Hall–Kier alpha value is -3.14. The fourth-order valence-corrected chi connectivity index (χ4v) is 4.50. The van der Waals surface area contributed by atoms with Gasteiger partial charge in [0.25, 0.3) is 5.91 Å². The van der Waals surface area contributed by atoms with E-state index in [2.05, 4.69) is 10.6 Å². The molecular formula is C20H21N3O6S. The smallest absolute Gasteiger partial charge is 0.341 e. The molecule has 2 aromatic rings. The molecule has 3 heterocycles. The van der Waals surface area contributed by atoms with Crippen LogP contribution in [0.15, 0.2) is 28.2 Å². The molecule has 1 saturated heterocycles. The van der Waals surface area contributed by atoms with Gasteiger partial charge >= 0.3 is 12.0 Å². The highest BCUT2D eigenvalue weighted by molar-refractivity contribution is 7.15. The van der Waals surface area contributed by atoms with Crippen LogP contribution >= 0.6 is 11.3 Å². The van der Waals surface area contributed by atoms with Gasteiger partial charge in [0.1, 0.15) is 17.3 Å². The van der Waals surface area contributed by atoms with Crippen molar-refractivity contribution in [1.82, 2.24) is 10.2 Å². The molecule has 158 valence electrons. The summed E-state index contributed by atoms with van der Waals surface area (Å²) in [5.74, 6) is -1.09. The van der Waals surface area contributed by atoms with Gasteiger partial charge in [0.15, 0.2) is 5.54 Å². The van der Waals surface area contributed by atoms with Gasteiger partial charge in [0.2, 0.25) is 5.91 Å². The summed E-state index contributed by atoms with van der Waals surface area (Å²) in [7, 11) is 0. The number of anilines is 1. The largest absolute Gasteiger partial charge is 0.466 e. The Bertz CT molecular complexity index is 1010. The molecule has 1 saturated carbocycles. The lowest BCUT2D eigenvalue weighted by Crippen LogP contribution is -2.41. The van der Waals surface area contributed by atoms with E-state index in [4.69, 9.17) is 9.15 Å². The Kier molecular flexibility index (Phi) is 5.10. The molecule has 1 unspecified atom stereocenters. The first-order chi connectivity index (χ1) is 14.3. The maximum absolute atomic E-state index is 12.8. The van der Waals surface area contributed by atoms with E-state index in [1.54, 1.807) is 19.1 Å². The molecule has 2 fully saturated rings. The van der Waals surface area contributed by atoms with Crippen molar-refractivity contribution in [2.75, 3.05) is 18.5 Å². The normalized spacial score (nSPS) is 20.9. The Morgan fingerprint density at radius 2 is 2.17 bits per heavy atom. The number of nitrogens with zero attached hydrogens (tertiary/aromatic N) is 1. The average molecular weight is 431 g/mol. The quantitative estimate of drug-likeness (QED) is 0.514. The number of rotatable bonds is 7. The van der Waals surface area contributed by atoms with Crippen LogP contribution in [0.5, 0.6) is 0 Å². The van der Waals surface area contributed by atoms with E-state index >= 15 is 0 Å². The topological polar surface area (TPSA) is 118 Å². The number of carbonyl (C=O) groups excluding carboxylic acids is 4. The van der Waals surface area contributed by atoms with Crippen LogP contribution in [0.25, 0.3) is 0 Å². The van der Waals surface area contributed by atoms with E-state index in [9.17, 15) is 19.2 Å². The van der Waals surface area contributed by atoms with Crippen LogP contribution in [0.2, 0.25) is 0 Å². The molecule has 1 aliphatic carbocycles. The van der Waals surface area contributed by atoms with E-state index in [0.717, 1.165) is 23.3 Å². The zero-order chi connectivity index (χ0) is 21.5. The van der Waals surface area contributed by atoms with Crippen molar-refractivity contribution in [3.8, 4) is 0 Å². The van der Waals surface area contributed by atoms with Crippen molar-refractivity contribution in [2.45, 2.75) is 38.1 Å². The highest BCUT2D eigenvalue weighted by Crippen LogP contribution is 2.46. The van der Waals surface area contributed by atoms with Gasteiger partial charge in [0.05, 0.1) is 18.4 Å². The van der Waals surface area contributed by atoms with Gasteiger partial charge in [0, 0.05) is 0 Å². The fourth-order valence-electron chi connectivity index (χ4n) is 3.45. The standard InChI is InChI=1S/C20H21N3O6S/c1-3-28-17(25)15-12(11-6-7-11)10-30-16(15)21-14(24)9-23-18(26)20(2,22-19(23)27)13-5-4-8-29-13/h4-5,8,10-11H,3,6-7,9H2,1-2H3,(H,21,24)(H,22,27). The predicted octanol–water partition coefficient (Wildman–Crippen LogP) is 2.80. The van der Waals surface area contributed by atoms with Gasteiger partial charge in [-0.3, -0.25) is 14.5 Å². The van der Waals surface area contributed by atoms with Gasteiger partial charge < -0.3 is 19.8 Å². The summed E-state index contributed by atoms with van der Waals surface area (Å²) in [5, 5.41) is 7.44. The predicted molar refractivity (Wildman–Crippen MR) is 107 cm³/mol. The fraction of sp³-hybridized carbons (Fsp3) is 0.400. The highest BCUT2D eigenvalue weighted by Gasteiger charge is 2.51. The van der Waals surface area contributed by atoms with Crippen LogP contribution in [0, 0.1) is 0 Å². The first-order valence-electron chi connectivity index (χ1n) is 9.61. The molecule has 9 nitrogen and oxygen atoms in total. The molecule has 10 heteroatoms. The zero-order valence-electron chi connectivity index (χ0n) is 16.5. The van der Waals surface area contributed by atoms with Crippen molar-refractivity contribution in [3.05, 3.63) is 40.7 Å². The SMILES string of the molecule is CCOC(=O)c1c(C2CC2)csc1NC(=O)CN1C(=O)NC(C)(c2ccco2)C1=O. The van der Waals surface area contributed by atoms with Gasteiger partial charge in [-0.25, -0.2) is 9.59 Å². The minimum Gasteiger partial charge on any atom is -0.466 e. The number of esters is 1. The number of imide groups is 1. The number of hydrogen-bond acceptors (Lipinski definition) is 7. The molecule has 2 N–H and O–H groups in total. The van der Waals surface area contributed by atoms with Gasteiger partial charge in [-0.15, -0.1) is 11.3 Å². The summed E-state index contributed by atoms with van der Waals surface area (Å²) in [6, 6.07) is 2.50. The summed E-state index contributed by atoms with van der Waals surface area (Å²) < 4.78 is 10.4. The molecule has 1 atom stereocenters. The van der Waals surface area contributed by atoms with Crippen molar-refractivity contribution in [2.24, 2.45) is 0 Å². The summed E-state index contributed by atoms with van der Waals surface area (Å²) >= 11 is 1.23. The average Bonchev–Trinajstić information content (AvgIpc) is 3.14. The third kappa shape index (κ3) is 3.47. The molecule has 0 aromatic carbocycles. The minimum absolute atomic E-state index is 0.222. The first-order valence-corrected chi connectivity index (χ1v) is 10.5. The molecule has 0 bridgehead atoms. The zero-order valence-corrected chi connectivity index (χ0v) is 17.3. The van der Waals surface area contributed by atoms with E-state index in [-0.39, 0.29) is 12.4 Å².